The highest BCUT2D eigenvalue weighted by Crippen LogP contribution is 2.36. The van der Waals surface area contributed by atoms with E-state index in [2.05, 4.69) is 50.1 Å². The second-order valence-corrected chi connectivity index (χ2v) is 5.70. The van der Waals surface area contributed by atoms with E-state index < -0.39 is 0 Å². The summed E-state index contributed by atoms with van der Waals surface area (Å²) in [5, 5.41) is 0. The summed E-state index contributed by atoms with van der Waals surface area (Å²) in [5.41, 5.74) is 3.01. The van der Waals surface area contributed by atoms with E-state index >= 15 is 0 Å². The van der Waals surface area contributed by atoms with Crippen molar-refractivity contribution in [3.05, 3.63) is 29.8 Å². The summed E-state index contributed by atoms with van der Waals surface area (Å²) in [6, 6.07) is 9.70. The highest BCUT2D eigenvalue weighted by Gasteiger charge is 2.30. The molecule has 1 aliphatic heterocycles. The van der Waals surface area contributed by atoms with Crippen molar-refractivity contribution in [2.45, 2.75) is 58.4 Å². The van der Waals surface area contributed by atoms with Crippen molar-refractivity contribution in [2.75, 3.05) is 11.9 Å². The minimum absolute atomic E-state index is 0.750. The molecule has 1 heteroatoms. The molecule has 0 spiro atoms. The number of hydrogen-bond donors (Lipinski definition) is 0. The number of fused-ring (bicyclic) bond motifs is 1. The van der Waals surface area contributed by atoms with Crippen molar-refractivity contribution < 1.29 is 0 Å². The maximum atomic E-state index is 2.55. The summed E-state index contributed by atoms with van der Waals surface area (Å²) in [6.45, 7) is 4.61. The fourth-order valence-corrected chi connectivity index (χ4v) is 3.45. The number of unbranched alkanes of at least 4 members (excludes halogenated alkanes) is 1. The summed E-state index contributed by atoms with van der Waals surface area (Å²) in [5.74, 6) is 0.849. The van der Waals surface area contributed by atoms with Gasteiger partial charge in [-0.1, -0.05) is 51.3 Å². The second kappa shape index (κ2) is 6.26. The molecule has 1 nitrogen and oxygen atoms in total. The maximum Gasteiger partial charge on any atom is 0.0398 e. The van der Waals surface area contributed by atoms with E-state index in [1.807, 2.05) is 0 Å². The zero-order valence-electron chi connectivity index (χ0n) is 12.2. The van der Waals surface area contributed by atoms with Crippen molar-refractivity contribution in [2.24, 2.45) is 5.92 Å². The highest BCUT2D eigenvalue weighted by molar-refractivity contribution is 5.56. The number of hydrogen-bond acceptors (Lipinski definition) is 1. The minimum atomic E-state index is 0.750. The zero-order valence-corrected chi connectivity index (χ0v) is 12.2. The van der Waals surface area contributed by atoms with Gasteiger partial charge >= 0.3 is 0 Å². The zero-order chi connectivity index (χ0) is 13.0. The fourth-order valence-electron chi connectivity index (χ4n) is 3.45. The van der Waals surface area contributed by atoms with Crippen LogP contribution in [-0.2, 0) is 6.42 Å². The molecular weight excluding hydrogens is 218 g/mol. The van der Waals surface area contributed by atoms with Crippen LogP contribution in [0.4, 0.5) is 5.69 Å². The van der Waals surface area contributed by atoms with E-state index in [1.54, 1.807) is 5.56 Å². The van der Waals surface area contributed by atoms with Crippen molar-refractivity contribution in [1.82, 2.24) is 0 Å². The first-order valence-corrected chi connectivity index (χ1v) is 7.58. The Labute approximate surface area is 112 Å². The Morgan fingerprint density at radius 2 is 1.89 bits per heavy atom. The molecule has 0 bridgehead atoms. The molecule has 0 saturated carbocycles. The summed E-state index contributed by atoms with van der Waals surface area (Å²) in [6.07, 6.45) is 7.98. The van der Waals surface area contributed by atoms with Crippen LogP contribution < -0.4 is 4.90 Å². The van der Waals surface area contributed by atoms with Crippen LogP contribution in [0.2, 0.25) is 0 Å². The van der Waals surface area contributed by atoms with E-state index in [-0.39, 0.29) is 0 Å². The third-order valence-electron chi connectivity index (χ3n) is 4.41. The van der Waals surface area contributed by atoms with Crippen LogP contribution in [0.3, 0.4) is 0 Å². The molecule has 1 aromatic carbocycles. The maximum absolute atomic E-state index is 2.55. The Kier molecular flexibility index (Phi) is 4.68. The number of nitrogens with zero attached hydrogens (tertiary/aromatic N) is 1. The van der Waals surface area contributed by atoms with E-state index in [0.29, 0.717) is 0 Å². The lowest BCUT2D eigenvalue weighted by molar-refractivity contribution is 0.339. The Morgan fingerprint density at radius 3 is 2.61 bits per heavy atom. The molecule has 1 aliphatic rings. The van der Waals surface area contributed by atoms with Crippen molar-refractivity contribution in [3.63, 3.8) is 0 Å². The Bertz CT molecular complexity index is 372. The van der Waals surface area contributed by atoms with E-state index in [1.165, 1.54) is 44.2 Å². The highest BCUT2D eigenvalue weighted by atomic mass is 15.1. The van der Waals surface area contributed by atoms with Crippen molar-refractivity contribution >= 4 is 5.69 Å². The molecule has 0 aromatic heterocycles. The molecule has 0 aliphatic carbocycles. The molecule has 1 heterocycles. The van der Waals surface area contributed by atoms with E-state index in [4.69, 9.17) is 0 Å². The van der Waals surface area contributed by atoms with E-state index in [0.717, 1.165) is 12.0 Å². The molecule has 0 fully saturated rings. The van der Waals surface area contributed by atoms with Gasteiger partial charge in [0.2, 0.25) is 0 Å². The van der Waals surface area contributed by atoms with Gasteiger partial charge in [-0.2, -0.15) is 0 Å². The van der Waals surface area contributed by atoms with Gasteiger partial charge in [0.05, 0.1) is 0 Å². The molecule has 2 rings (SSSR count). The third-order valence-corrected chi connectivity index (χ3v) is 4.41. The van der Waals surface area contributed by atoms with Gasteiger partial charge in [-0.05, 0) is 36.8 Å². The first-order chi connectivity index (χ1) is 8.77. The van der Waals surface area contributed by atoms with Crippen LogP contribution in [0.5, 0.6) is 0 Å². The summed E-state index contributed by atoms with van der Waals surface area (Å²) in [4.78, 5) is 2.55. The third kappa shape index (κ3) is 2.71. The van der Waals surface area contributed by atoms with Crippen LogP contribution in [-0.4, -0.2) is 13.1 Å². The molecule has 100 valence electrons. The number of anilines is 1. The van der Waals surface area contributed by atoms with E-state index in [9.17, 15) is 0 Å². The molecule has 2 atom stereocenters. The number of rotatable bonds is 5. The normalized spacial score (nSPS) is 22.9. The summed E-state index contributed by atoms with van der Waals surface area (Å²) in [7, 11) is 2.29. The first kappa shape index (κ1) is 13.5. The summed E-state index contributed by atoms with van der Waals surface area (Å²) < 4.78 is 0. The average Bonchev–Trinajstić information content (AvgIpc) is 2.39. The van der Waals surface area contributed by atoms with Gasteiger partial charge in [0.1, 0.15) is 0 Å². The molecule has 0 amide bonds. The van der Waals surface area contributed by atoms with Gasteiger partial charge in [0.15, 0.2) is 0 Å². The number of para-hydroxylation sites is 1. The minimum Gasteiger partial charge on any atom is -0.371 e. The predicted molar refractivity (Wildman–Crippen MR) is 80.3 cm³/mol. The second-order valence-electron chi connectivity index (χ2n) is 5.70. The van der Waals surface area contributed by atoms with Gasteiger partial charge in [0, 0.05) is 18.8 Å². The molecule has 18 heavy (non-hydrogen) atoms. The lowest BCUT2D eigenvalue weighted by Crippen LogP contribution is -2.43. The van der Waals surface area contributed by atoms with Gasteiger partial charge < -0.3 is 4.90 Å². The standard InChI is InChI=1S/C17H27N/c1-4-6-11-16-14(9-5-2)13-15-10-7-8-12-17(15)18(16)3/h7-8,10,12,14,16H,4-6,9,11,13H2,1-3H3/t14-,16+/m1/s1. The predicted octanol–water partition coefficient (Wildman–Crippen LogP) is 4.65. The quantitative estimate of drug-likeness (QED) is 0.729. The smallest absolute Gasteiger partial charge is 0.0398 e. The first-order valence-electron chi connectivity index (χ1n) is 7.58. The average molecular weight is 245 g/mol. The van der Waals surface area contributed by atoms with Gasteiger partial charge in [-0.3, -0.25) is 0 Å². The molecule has 0 N–H and O–H groups in total. The van der Waals surface area contributed by atoms with Gasteiger partial charge in [0.25, 0.3) is 0 Å². The topological polar surface area (TPSA) is 3.24 Å². The summed E-state index contributed by atoms with van der Waals surface area (Å²) >= 11 is 0. The largest absolute Gasteiger partial charge is 0.371 e. The molecule has 0 saturated heterocycles. The van der Waals surface area contributed by atoms with Crippen LogP contribution in [0.25, 0.3) is 0 Å². The van der Waals surface area contributed by atoms with Crippen LogP contribution in [0.15, 0.2) is 24.3 Å². The monoisotopic (exact) mass is 245 g/mol. The van der Waals surface area contributed by atoms with Gasteiger partial charge in [-0.25, -0.2) is 0 Å². The van der Waals surface area contributed by atoms with Crippen LogP contribution >= 0.6 is 0 Å². The fraction of sp³-hybridized carbons (Fsp3) is 0.647. The lowest BCUT2D eigenvalue weighted by Gasteiger charge is -2.42. The molecular formula is C17H27N. The van der Waals surface area contributed by atoms with Gasteiger partial charge in [-0.15, -0.1) is 0 Å². The van der Waals surface area contributed by atoms with Crippen LogP contribution in [0, 0.1) is 5.92 Å². The van der Waals surface area contributed by atoms with Crippen molar-refractivity contribution in [1.29, 1.82) is 0 Å². The molecule has 0 radical (unpaired) electrons. The Balaban J connectivity index is 2.21. The molecule has 1 aromatic rings. The Morgan fingerprint density at radius 1 is 1.11 bits per heavy atom. The number of benzene rings is 1. The Hall–Kier alpha value is -0.980. The SMILES string of the molecule is CCCC[C@H]1[C@H](CCC)Cc2ccccc2N1C. The molecule has 0 unspecified atom stereocenters. The van der Waals surface area contributed by atoms with Crippen LogP contribution in [0.1, 0.15) is 51.5 Å². The van der Waals surface area contributed by atoms with Crippen molar-refractivity contribution in [3.8, 4) is 0 Å². The lowest BCUT2D eigenvalue weighted by atomic mass is 9.81.